The van der Waals surface area contributed by atoms with Crippen LogP contribution in [0.15, 0.2) is 0 Å². The zero-order valence-electron chi connectivity index (χ0n) is 11.5. The molecule has 0 aromatic carbocycles. The molecule has 0 bridgehead atoms. The smallest absolute Gasteiger partial charge is 0.248 e. The Bertz CT molecular complexity index is 340. The van der Waals surface area contributed by atoms with Crippen molar-refractivity contribution in [3.05, 3.63) is 0 Å². The molecule has 0 saturated carbocycles. The lowest BCUT2D eigenvalue weighted by Gasteiger charge is -2.34. The van der Waals surface area contributed by atoms with Gasteiger partial charge in [-0.2, -0.15) is 0 Å². The maximum absolute atomic E-state index is 12.5. The summed E-state index contributed by atoms with van der Waals surface area (Å²) in [7, 11) is 0. The molecule has 2 fully saturated rings. The van der Waals surface area contributed by atoms with Crippen molar-refractivity contribution in [3.63, 3.8) is 0 Å². The van der Waals surface area contributed by atoms with E-state index in [-0.39, 0.29) is 11.8 Å². The summed E-state index contributed by atoms with van der Waals surface area (Å²) >= 11 is 0. The summed E-state index contributed by atoms with van der Waals surface area (Å²) < 4.78 is 0. The van der Waals surface area contributed by atoms with Crippen molar-refractivity contribution in [2.75, 3.05) is 26.3 Å². The molecule has 2 aliphatic rings. The van der Waals surface area contributed by atoms with Gasteiger partial charge >= 0.3 is 0 Å². The summed E-state index contributed by atoms with van der Waals surface area (Å²) in [6.45, 7) is 4.16. The molecule has 0 aromatic heterocycles. The molecule has 2 aliphatic heterocycles. The quantitative estimate of drug-likeness (QED) is 0.726. The van der Waals surface area contributed by atoms with Crippen LogP contribution in [0.25, 0.3) is 0 Å². The molecular weight excluding hydrogens is 246 g/mol. The summed E-state index contributed by atoms with van der Waals surface area (Å²) in [6.07, 6.45) is 2.37. The number of hydrogen-bond acceptors (Lipinski definition) is 4. The number of likely N-dealkylation sites (tertiary alicyclic amines) is 1. The second-order valence-corrected chi connectivity index (χ2v) is 5.34. The maximum atomic E-state index is 12.5. The first kappa shape index (κ1) is 14.3. The Morgan fingerprint density at radius 3 is 2.63 bits per heavy atom. The molecule has 19 heavy (non-hydrogen) atoms. The maximum Gasteiger partial charge on any atom is 0.248 e. The van der Waals surface area contributed by atoms with Crippen LogP contribution in [-0.2, 0) is 9.59 Å². The highest BCUT2D eigenvalue weighted by atomic mass is 16.3. The molecule has 0 aliphatic carbocycles. The van der Waals surface area contributed by atoms with E-state index in [9.17, 15) is 14.7 Å². The Hall–Kier alpha value is -1.14. The third-order valence-corrected chi connectivity index (χ3v) is 3.81. The predicted octanol–water partition coefficient (Wildman–Crippen LogP) is -0.472. The minimum absolute atomic E-state index is 0.0524. The topological polar surface area (TPSA) is 72.9 Å². The van der Waals surface area contributed by atoms with E-state index in [1.54, 1.807) is 11.8 Å². The van der Waals surface area contributed by atoms with Gasteiger partial charge in [0.25, 0.3) is 0 Å². The van der Waals surface area contributed by atoms with Crippen LogP contribution in [0, 0.1) is 0 Å². The Labute approximate surface area is 113 Å². The van der Waals surface area contributed by atoms with E-state index in [2.05, 4.69) is 5.32 Å². The van der Waals surface area contributed by atoms with E-state index in [0.29, 0.717) is 13.1 Å². The molecule has 6 heteroatoms. The van der Waals surface area contributed by atoms with Gasteiger partial charge < -0.3 is 14.9 Å². The zero-order chi connectivity index (χ0) is 13.8. The van der Waals surface area contributed by atoms with Crippen molar-refractivity contribution < 1.29 is 14.7 Å². The highest BCUT2D eigenvalue weighted by Crippen LogP contribution is 2.16. The van der Waals surface area contributed by atoms with Gasteiger partial charge in [-0.15, -0.1) is 0 Å². The van der Waals surface area contributed by atoms with Crippen molar-refractivity contribution in [1.29, 1.82) is 0 Å². The van der Waals surface area contributed by atoms with Crippen LogP contribution in [0.2, 0.25) is 0 Å². The highest BCUT2D eigenvalue weighted by Gasteiger charge is 2.37. The number of nitrogens with zero attached hydrogens (tertiary/aromatic N) is 2. The standard InChI is InChI=1S/C13H23N3O3/c1-10(17)12(13(19)15-7-2-3-8-15)16-9-14-6-4-5-11(16)18/h10,12,14,17H,2-9H2,1H3. The van der Waals surface area contributed by atoms with Crippen LogP contribution < -0.4 is 5.32 Å². The Morgan fingerprint density at radius 2 is 2.00 bits per heavy atom. The fourth-order valence-electron chi connectivity index (χ4n) is 2.77. The Kier molecular flexibility index (Phi) is 4.76. The normalized spacial score (nSPS) is 24.2. The van der Waals surface area contributed by atoms with Crippen molar-refractivity contribution in [3.8, 4) is 0 Å². The molecule has 2 N–H and O–H groups in total. The van der Waals surface area contributed by atoms with Crippen LogP contribution in [0.1, 0.15) is 32.6 Å². The molecule has 6 nitrogen and oxygen atoms in total. The summed E-state index contributed by atoms with van der Waals surface area (Å²) in [5.74, 6) is -0.173. The molecule has 2 rings (SSSR count). The fraction of sp³-hybridized carbons (Fsp3) is 0.846. The molecule has 2 amide bonds. The van der Waals surface area contributed by atoms with Gasteiger partial charge in [-0.1, -0.05) is 0 Å². The number of hydrogen-bond donors (Lipinski definition) is 2. The van der Waals surface area contributed by atoms with Gasteiger partial charge in [0.2, 0.25) is 11.8 Å². The third-order valence-electron chi connectivity index (χ3n) is 3.81. The van der Waals surface area contributed by atoms with Crippen molar-refractivity contribution >= 4 is 11.8 Å². The van der Waals surface area contributed by atoms with Crippen LogP contribution >= 0.6 is 0 Å². The molecule has 2 saturated heterocycles. The zero-order valence-corrected chi connectivity index (χ0v) is 11.5. The van der Waals surface area contributed by atoms with E-state index in [0.717, 1.165) is 38.9 Å². The lowest BCUT2D eigenvalue weighted by atomic mass is 10.1. The van der Waals surface area contributed by atoms with E-state index in [1.807, 2.05) is 0 Å². The minimum Gasteiger partial charge on any atom is -0.391 e. The average Bonchev–Trinajstić information content (AvgIpc) is 2.82. The van der Waals surface area contributed by atoms with Gasteiger partial charge in [-0.05, 0) is 32.7 Å². The van der Waals surface area contributed by atoms with E-state index in [1.165, 1.54) is 4.90 Å². The molecule has 0 spiro atoms. The van der Waals surface area contributed by atoms with Crippen LogP contribution in [-0.4, -0.2) is 65.2 Å². The summed E-state index contributed by atoms with van der Waals surface area (Å²) in [5, 5.41) is 13.1. The number of rotatable bonds is 3. The molecule has 108 valence electrons. The summed E-state index contributed by atoms with van der Waals surface area (Å²) in [6, 6.07) is -0.754. The Balaban J connectivity index is 2.13. The van der Waals surface area contributed by atoms with Gasteiger partial charge in [0.1, 0.15) is 6.04 Å². The van der Waals surface area contributed by atoms with Crippen LogP contribution in [0.4, 0.5) is 0 Å². The van der Waals surface area contributed by atoms with Gasteiger partial charge in [0.05, 0.1) is 12.8 Å². The third kappa shape index (κ3) is 3.25. The van der Waals surface area contributed by atoms with Crippen molar-refractivity contribution in [2.45, 2.75) is 44.8 Å². The highest BCUT2D eigenvalue weighted by molar-refractivity contribution is 5.88. The monoisotopic (exact) mass is 269 g/mol. The van der Waals surface area contributed by atoms with E-state index < -0.39 is 12.1 Å². The SMILES string of the molecule is CC(O)C(C(=O)N1CCCC1)N1CNCCCC1=O. The van der Waals surface area contributed by atoms with Crippen molar-refractivity contribution in [2.24, 2.45) is 0 Å². The first-order chi connectivity index (χ1) is 9.11. The number of nitrogens with one attached hydrogen (secondary N) is 1. The lowest BCUT2D eigenvalue weighted by molar-refractivity contribution is -0.149. The van der Waals surface area contributed by atoms with Crippen molar-refractivity contribution in [1.82, 2.24) is 15.1 Å². The number of aliphatic hydroxyl groups is 1. The minimum atomic E-state index is -0.850. The van der Waals surface area contributed by atoms with Gasteiger partial charge in [-0.25, -0.2) is 0 Å². The first-order valence-electron chi connectivity index (χ1n) is 7.08. The molecule has 0 radical (unpaired) electrons. The van der Waals surface area contributed by atoms with Crippen LogP contribution in [0.3, 0.4) is 0 Å². The molecule has 2 heterocycles. The fourth-order valence-corrected chi connectivity index (χ4v) is 2.77. The number of carbonyl (C=O) groups excluding carboxylic acids is 2. The first-order valence-corrected chi connectivity index (χ1v) is 7.08. The van der Waals surface area contributed by atoms with E-state index >= 15 is 0 Å². The number of aliphatic hydroxyl groups excluding tert-OH is 1. The molecular formula is C13H23N3O3. The van der Waals surface area contributed by atoms with Gasteiger partial charge in [-0.3, -0.25) is 14.9 Å². The van der Waals surface area contributed by atoms with Gasteiger partial charge in [0, 0.05) is 19.5 Å². The van der Waals surface area contributed by atoms with E-state index in [4.69, 9.17) is 0 Å². The molecule has 2 unspecified atom stereocenters. The molecule has 0 aromatic rings. The Morgan fingerprint density at radius 1 is 1.32 bits per heavy atom. The summed E-state index contributed by atoms with van der Waals surface area (Å²) in [5.41, 5.74) is 0. The summed E-state index contributed by atoms with van der Waals surface area (Å²) in [4.78, 5) is 27.8. The number of amides is 2. The lowest BCUT2D eigenvalue weighted by Crippen LogP contribution is -2.56. The average molecular weight is 269 g/mol. The predicted molar refractivity (Wildman–Crippen MR) is 70.2 cm³/mol. The largest absolute Gasteiger partial charge is 0.391 e. The number of carbonyl (C=O) groups is 2. The molecule has 2 atom stereocenters. The van der Waals surface area contributed by atoms with Gasteiger partial charge in [0.15, 0.2) is 0 Å². The van der Waals surface area contributed by atoms with Crippen LogP contribution in [0.5, 0.6) is 0 Å². The second-order valence-electron chi connectivity index (χ2n) is 5.34. The second kappa shape index (κ2) is 6.34.